The number of rotatable bonds is 0. The normalized spacial score (nSPS) is 56.4. The molecule has 3 rings (SSSR count). The van der Waals surface area contributed by atoms with E-state index < -0.39 is 5.79 Å². The average Bonchev–Trinajstić information content (AvgIpc) is 2.30. The maximum atomic E-state index is 10.6. The van der Waals surface area contributed by atoms with Gasteiger partial charge in [0.15, 0.2) is 5.79 Å². The minimum absolute atomic E-state index is 0.149. The summed E-state index contributed by atoms with van der Waals surface area (Å²) in [7, 11) is 0. The zero-order valence-corrected chi connectivity index (χ0v) is 16.4. The van der Waals surface area contributed by atoms with Crippen molar-refractivity contribution in [1.82, 2.24) is 0 Å². The highest BCUT2D eigenvalue weighted by Crippen LogP contribution is 2.65. The predicted molar refractivity (Wildman–Crippen MR) is 94.5 cm³/mol. The van der Waals surface area contributed by atoms with E-state index in [-0.39, 0.29) is 9.53 Å². The maximum absolute atomic E-state index is 10.6. The first-order valence-corrected chi connectivity index (χ1v) is 9.82. The molecule has 3 aliphatic rings. The highest BCUT2D eigenvalue weighted by atomic mass is 127. The minimum Gasteiger partial charge on any atom is -0.365 e. The van der Waals surface area contributed by atoms with Gasteiger partial charge < -0.3 is 9.84 Å². The Hall–Kier alpha value is 0.650. The molecule has 3 unspecified atom stereocenters. The Morgan fingerprint density at radius 3 is 2.33 bits per heavy atom. The third-order valence-corrected chi connectivity index (χ3v) is 8.87. The fraction of sp³-hybridized carbons (Fsp3) is 1.00. The van der Waals surface area contributed by atoms with Gasteiger partial charge in [0.05, 0.1) is 9.53 Å². The van der Waals surface area contributed by atoms with E-state index in [9.17, 15) is 5.11 Å². The van der Waals surface area contributed by atoms with Crippen LogP contribution in [0.2, 0.25) is 0 Å². The van der Waals surface area contributed by atoms with Crippen LogP contribution in [-0.2, 0) is 4.74 Å². The van der Waals surface area contributed by atoms with Crippen LogP contribution in [0.15, 0.2) is 0 Å². The van der Waals surface area contributed by atoms with Gasteiger partial charge in [-0.15, -0.1) is 0 Å². The van der Waals surface area contributed by atoms with Gasteiger partial charge in [0.2, 0.25) is 0 Å². The summed E-state index contributed by atoms with van der Waals surface area (Å²) in [6, 6.07) is 0. The number of hydrogen-bond donors (Lipinski definition) is 1. The highest BCUT2D eigenvalue weighted by Gasteiger charge is 2.63. The molecular weight excluding hydrogens is 375 g/mol. The summed E-state index contributed by atoms with van der Waals surface area (Å²) in [4.78, 5) is 0. The van der Waals surface area contributed by atoms with E-state index in [1.54, 1.807) is 0 Å². The molecule has 1 aliphatic heterocycles. The van der Waals surface area contributed by atoms with Crippen LogP contribution >= 0.6 is 22.6 Å². The number of halogens is 1. The molecule has 0 spiro atoms. The molecule has 2 saturated carbocycles. The average molecular weight is 406 g/mol. The highest BCUT2D eigenvalue weighted by molar-refractivity contribution is 14.1. The largest absolute Gasteiger partial charge is 0.365 e. The molecule has 0 aromatic carbocycles. The molecule has 0 aromatic rings. The maximum Gasteiger partial charge on any atom is 0.175 e. The monoisotopic (exact) mass is 406 g/mol. The van der Waals surface area contributed by atoms with Crippen LogP contribution in [0.4, 0.5) is 0 Å². The van der Waals surface area contributed by atoms with Gasteiger partial charge >= 0.3 is 0 Å². The first kappa shape index (κ1) is 16.5. The van der Waals surface area contributed by atoms with Crippen LogP contribution in [0.5, 0.6) is 0 Å². The lowest BCUT2D eigenvalue weighted by Gasteiger charge is -2.65. The minimum atomic E-state index is -0.973. The number of hydrogen-bond acceptors (Lipinski definition) is 2. The lowest BCUT2D eigenvalue weighted by molar-refractivity contribution is -0.321. The van der Waals surface area contributed by atoms with Crippen LogP contribution in [0.1, 0.15) is 73.1 Å². The van der Waals surface area contributed by atoms with Crippen molar-refractivity contribution in [2.24, 2.45) is 22.7 Å². The van der Waals surface area contributed by atoms with Gasteiger partial charge in [-0.2, -0.15) is 0 Å². The van der Waals surface area contributed by atoms with Crippen molar-refractivity contribution in [2.45, 2.75) is 88.5 Å². The molecule has 21 heavy (non-hydrogen) atoms. The molecular formula is C18H31IO2. The molecule has 1 heterocycles. The number of ether oxygens (including phenoxy) is 1. The molecule has 0 radical (unpaired) electrons. The molecule has 0 aromatic heterocycles. The Kier molecular flexibility index (Phi) is 3.79. The number of aliphatic hydroxyl groups is 1. The van der Waals surface area contributed by atoms with Gasteiger partial charge in [-0.1, -0.05) is 49.8 Å². The molecule has 1 saturated heterocycles. The smallest absolute Gasteiger partial charge is 0.175 e. The van der Waals surface area contributed by atoms with E-state index in [2.05, 4.69) is 50.3 Å². The van der Waals surface area contributed by atoms with Crippen molar-refractivity contribution in [3.8, 4) is 0 Å². The SMILES string of the molecule is CC1(C)CCC[C@@]2(C)C1CC[C@@]1(C)OC(C)(O)C(I)C[C@@H]12. The quantitative estimate of drug-likeness (QED) is 0.457. The topological polar surface area (TPSA) is 29.5 Å². The summed E-state index contributed by atoms with van der Waals surface area (Å²) in [6.45, 7) is 11.6. The lowest BCUT2D eigenvalue weighted by Crippen LogP contribution is -2.65. The van der Waals surface area contributed by atoms with E-state index in [0.717, 1.165) is 18.8 Å². The standard InChI is InChI=1S/C18H31IO2/c1-15(2)8-6-9-16(3)12(15)7-10-17(4)13(16)11-14(19)18(5,20)21-17/h12-14,20H,6-11H2,1-5H3/t12?,13-,14?,16+,17-,18?/m1/s1. The van der Waals surface area contributed by atoms with E-state index in [1.165, 1.54) is 25.7 Å². The Balaban J connectivity index is 1.98. The first-order valence-electron chi connectivity index (χ1n) is 8.58. The fourth-order valence-electron chi connectivity index (χ4n) is 6.21. The molecule has 1 N–H and O–H groups in total. The molecule has 6 atom stereocenters. The third-order valence-electron chi connectivity index (χ3n) is 7.20. The van der Waals surface area contributed by atoms with Gasteiger partial charge in [0.1, 0.15) is 0 Å². The van der Waals surface area contributed by atoms with Crippen LogP contribution in [0.25, 0.3) is 0 Å². The van der Waals surface area contributed by atoms with Gasteiger partial charge in [-0.05, 0) is 68.6 Å². The molecule has 3 fully saturated rings. The van der Waals surface area contributed by atoms with Crippen molar-refractivity contribution in [1.29, 1.82) is 0 Å². The second-order valence-electron chi connectivity index (χ2n) is 9.16. The van der Waals surface area contributed by atoms with E-state index in [4.69, 9.17) is 4.74 Å². The summed E-state index contributed by atoms with van der Waals surface area (Å²) < 4.78 is 6.50. The summed E-state index contributed by atoms with van der Waals surface area (Å²) in [6.07, 6.45) is 7.47. The van der Waals surface area contributed by atoms with Crippen molar-refractivity contribution < 1.29 is 9.84 Å². The zero-order valence-electron chi connectivity index (χ0n) is 14.2. The summed E-state index contributed by atoms with van der Waals surface area (Å²) in [5.41, 5.74) is 0.674. The van der Waals surface area contributed by atoms with Gasteiger partial charge in [-0.25, -0.2) is 0 Å². The van der Waals surface area contributed by atoms with E-state index in [1.807, 2.05) is 6.92 Å². The fourth-order valence-corrected chi connectivity index (χ4v) is 6.84. The molecule has 0 amide bonds. The van der Waals surface area contributed by atoms with E-state index in [0.29, 0.717) is 16.7 Å². The predicted octanol–water partition coefficient (Wildman–Crippen LogP) is 4.92. The van der Waals surface area contributed by atoms with Gasteiger partial charge in [0, 0.05) is 0 Å². The van der Waals surface area contributed by atoms with Crippen molar-refractivity contribution in [3.63, 3.8) is 0 Å². The lowest BCUT2D eigenvalue weighted by atomic mass is 9.44. The molecule has 2 aliphatic carbocycles. The second kappa shape index (κ2) is 4.83. The summed E-state index contributed by atoms with van der Waals surface area (Å²) in [5.74, 6) is 0.400. The Bertz CT molecular complexity index is 433. The van der Waals surface area contributed by atoms with Crippen molar-refractivity contribution in [3.05, 3.63) is 0 Å². The molecule has 0 bridgehead atoms. The molecule has 2 nitrogen and oxygen atoms in total. The van der Waals surface area contributed by atoms with Crippen LogP contribution in [0.3, 0.4) is 0 Å². The van der Waals surface area contributed by atoms with Crippen LogP contribution in [0, 0.1) is 22.7 Å². The Labute approximate surface area is 143 Å². The summed E-state index contributed by atoms with van der Waals surface area (Å²) >= 11 is 2.40. The van der Waals surface area contributed by atoms with Crippen LogP contribution < -0.4 is 0 Å². The van der Waals surface area contributed by atoms with E-state index >= 15 is 0 Å². The number of fused-ring (bicyclic) bond motifs is 3. The van der Waals surface area contributed by atoms with Gasteiger partial charge in [-0.3, -0.25) is 0 Å². The number of alkyl halides is 1. The van der Waals surface area contributed by atoms with Crippen molar-refractivity contribution >= 4 is 22.6 Å². The third kappa shape index (κ3) is 2.40. The first-order chi connectivity index (χ1) is 9.51. The van der Waals surface area contributed by atoms with Gasteiger partial charge in [0.25, 0.3) is 0 Å². The molecule has 122 valence electrons. The Morgan fingerprint density at radius 2 is 1.67 bits per heavy atom. The Morgan fingerprint density at radius 1 is 1.00 bits per heavy atom. The van der Waals surface area contributed by atoms with Crippen LogP contribution in [-0.4, -0.2) is 20.4 Å². The van der Waals surface area contributed by atoms with Crippen molar-refractivity contribution in [2.75, 3.05) is 0 Å². The molecule has 3 heteroatoms. The zero-order chi connectivity index (χ0) is 15.7. The summed E-state index contributed by atoms with van der Waals surface area (Å²) in [5, 5.41) is 10.6. The second-order valence-corrected chi connectivity index (χ2v) is 10.7.